The molecule has 0 bridgehead atoms. The van der Waals surface area contributed by atoms with E-state index in [0.29, 0.717) is 17.0 Å². The lowest BCUT2D eigenvalue weighted by atomic mass is 10.2. The molecule has 1 aromatic rings. The average molecular weight is 293 g/mol. The quantitative estimate of drug-likeness (QED) is 0.847. The monoisotopic (exact) mass is 293 g/mol. The predicted molar refractivity (Wildman–Crippen MR) is 85.4 cm³/mol. The van der Waals surface area contributed by atoms with Gasteiger partial charge in [-0.25, -0.2) is 0 Å². The van der Waals surface area contributed by atoms with Crippen LogP contribution in [0.1, 0.15) is 43.1 Å². The van der Waals surface area contributed by atoms with E-state index in [1.165, 1.54) is 6.42 Å². The largest absolute Gasteiger partial charge is 0.385 e. The molecule has 5 heteroatoms. The van der Waals surface area contributed by atoms with Crippen LogP contribution in [0.2, 0.25) is 0 Å². The van der Waals surface area contributed by atoms with Crippen LogP contribution < -0.4 is 10.6 Å². The zero-order valence-electron chi connectivity index (χ0n) is 12.2. The highest BCUT2D eigenvalue weighted by Gasteiger charge is 2.25. The number of hydrogen-bond donors (Lipinski definition) is 2. The van der Waals surface area contributed by atoms with E-state index in [1.54, 1.807) is 6.20 Å². The van der Waals surface area contributed by atoms with E-state index in [0.717, 1.165) is 31.5 Å². The number of nitrogens with one attached hydrogen (secondary N) is 2. The van der Waals surface area contributed by atoms with Crippen LogP contribution in [0, 0.1) is 0 Å². The Morgan fingerprint density at radius 1 is 1.50 bits per heavy atom. The van der Waals surface area contributed by atoms with Gasteiger partial charge in [-0.1, -0.05) is 6.92 Å². The first-order valence-corrected chi connectivity index (χ1v) is 8.55. The second kappa shape index (κ2) is 7.53. The van der Waals surface area contributed by atoms with Crippen molar-refractivity contribution in [2.75, 3.05) is 18.1 Å². The number of carbonyl (C=O) groups is 1. The Morgan fingerprint density at radius 3 is 3.05 bits per heavy atom. The maximum atomic E-state index is 12.2. The molecule has 110 valence electrons. The normalized spacial score (nSPS) is 21.7. The number of thioether (sulfide) groups is 1. The number of rotatable bonds is 6. The summed E-state index contributed by atoms with van der Waals surface area (Å²) < 4.78 is 0. The van der Waals surface area contributed by atoms with E-state index in [-0.39, 0.29) is 5.91 Å². The maximum absolute atomic E-state index is 12.2. The van der Waals surface area contributed by atoms with Crippen molar-refractivity contribution >= 4 is 23.4 Å². The number of aromatic nitrogens is 1. The van der Waals surface area contributed by atoms with Gasteiger partial charge in [0.25, 0.3) is 5.91 Å². The van der Waals surface area contributed by atoms with Gasteiger partial charge in [-0.15, -0.1) is 0 Å². The third-order valence-electron chi connectivity index (χ3n) is 3.62. The molecule has 0 aliphatic heterocycles. The molecule has 2 unspecified atom stereocenters. The highest BCUT2D eigenvalue weighted by atomic mass is 32.2. The third-order valence-corrected chi connectivity index (χ3v) is 4.72. The third kappa shape index (κ3) is 4.13. The number of pyridine rings is 1. The Labute approximate surface area is 125 Å². The lowest BCUT2D eigenvalue weighted by molar-refractivity contribution is 0.0933. The van der Waals surface area contributed by atoms with Gasteiger partial charge in [0.1, 0.15) is 5.69 Å². The van der Waals surface area contributed by atoms with Crippen molar-refractivity contribution in [2.24, 2.45) is 0 Å². The van der Waals surface area contributed by atoms with Gasteiger partial charge in [-0.3, -0.25) is 9.78 Å². The minimum absolute atomic E-state index is 0.0584. The standard InChI is InChI=1S/C15H23N3OS/c1-3-7-16-11-6-8-17-14(10-11)15(19)18-12-4-5-13(9-12)20-2/h6,8,10,12-13H,3-5,7,9H2,1-2H3,(H,16,17)(H,18,19). The fourth-order valence-corrected chi connectivity index (χ4v) is 3.28. The van der Waals surface area contributed by atoms with Crippen molar-refractivity contribution in [2.45, 2.75) is 43.9 Å². The lowest BCUT2D eigenvalue weighted by Crippen LogP contribution is -2.33. The fourth-order valence-electron chi connectivity index (χ4n) is 2.48. The molecule has 2 rings (SSSR count). The van der Waals surface area contributed by atoms with Crippen LogP contribution in [0.3, 0.4) is 0 Å². The first kappa shape index (κ1) is 15.2. The zero-order chi connectivity index (χ0) is 14.4. The van der Waals surface area contributed by atoms with Crippen molar-refractivity contribution < 1.29 is 4.79 Å². The summed E-state index contributed by atoms with van der Waals surface area (Å²) in [5.41, 5.74) is 1.46. The van der Waals surface area contributed by atoms with Crippen molar-refractivity contribution in [3.05, 3.63) is 24.0 Å². The first-order valence-electron chi connectivity index (χ1n) is 7.26. The predicted octanol–water partition coefficient (Wildman–Crippen LogP) is 2.92. The van der Waals surface area contributed by atoms with E-state index in [4.69, 9.17) is 0 Å². The average Bonchev–Trinajstić information content (AvgIpc) is 2.93. The smallest absolute Gasteiger partial charge is 0.270 e. The Hall–Kier alpha value is -1.23. The number of amides is 1. The molecule has 2 atom stereocenters. The minimum atomic E-state index is -0.0584. The highest BCUT2D eigenvalue weighted by Crippen LogP contribution is 2.28. The number of hydrogen-bond acceptors (Lipinski definition) is 4. The molecule has 0 radical (unpaired) electrons. The molecule has 1 aliphatic rings. The van der Waals surface area contributed by atoms with Gasteiger partial charge in [0.15, 0.2) is 0 Å². The second-order valence-electron chi connectivity index (χ2n) is 5.20. The molecule has 0 aromatic carbocycles. The molecule has 4 nitrogen and oxygen atoms in total. The van der Waals surface area contributed by atoms with Gasteiger partial charge in [-0.05, 0) is 44.1 Å². The second-order valence-corrected chi connectivity index (χ2v) is 6.34. The van der Waals surface area contributed by atoms with Crippen LogP contribution in [0.15, 0.2) is 18.3 Å². The Kier molecular flexibility index (Phi) is 5.71. The highest BCUT2D eigenvalue weighted by molar-refractivity contribution is 7.99. The van der Waals surface area contributed by atoms with Crippen LogP contribution >= 0.6 is 11.8 Å². The molecule has 1 saturated carbocycles. The summed E-state index contributed by atoms with van der Waals surface area (Å²) in [4.78, 5) is 16.4. The summed E-state index contributed by atoms with van der Waals surface area (Å²) in [6.45, 7) is 3.02. The van der Waals surface area contributed by atoms with Gasteiger partial charge >= 0.3 is 0 Å². The van der Waals surface area contributed by atoms with Gasteiger partial charge in [-0.2, -0.15) is 11.8 Å². The first-order chi connectivity index (χ1) is 9.72. The fraction of sp³-hybridized carbons (Fsp3) is 0.600. The van der Waals surface area contributed by atoms with E-state index in [9.17, 15) is 4.79 Å². The molecule has 0 saturated heterocycles. The van der Waals surface area contributed by atoms with Crippen LogP contribution in [0.5, 0.6) is 0 Å². The molecular formula is C15H23N3OS. The van der Waals surface area contributed by atoms with E-state index >= 15 is 0 Å². The molecule has 20 heavy (non-hydrogen) atoms. The zero-order valence-corrected chi connectivity index (χ0v) is 13.0. The molecule has 1 amide bonds. The van der Waals surface area contributed by atoms with E-state index in [1.807, 2.05) is 23.9 Å². The van der Waals surface area contributed by atoms with Gasteiger partial charge < -0.3 is 10.6 Å². The van der Waals surface area contributed by atoms with Gasteiger partial charge in [0.05, 0.1) is 0 Å². The Balaban J connectivity index is 1.92. The molecule has 1 heterocycles. The van der Waals surface area contributed by atoms with Crippen LogP contribution in [-0.2, 0) is 0 Å². The Morgan fingerprint density at radius 2 is 2.35 bits per heavy atom. The summed E-state index contributed by atoms with van der Waals surface area (Å²) in [6.07, 6.45) is 8.22. The summed E-state index contributed by atoms with van der Waals surface area (Å²) in [7, 11) is 0. The maximum Gasteiger partial charge on any atom is 0.270 e. The Bertz CT molecular complexity index is 452. The number of nitrogens with zero attached hydrogens (tertiary/aromatic N) is 1. The van der Waals surface area contributed by atoms with Crippen LogP contribution in [-0.4, -0.2) is 35.0 Å². The molecule has 0 spiro atoms. The summed E-state index contributed by atoms with van der Waals surface area (Å²) in [5.74, 6) is -0.0584. The molecule has 1 aliphatic carbocycles. The lowest BCUT2D eigenvalue weighted by Gasteiger charge is -2.13. The van der Waals surface area contributed by atoms with Crippen LogP contribution in [0.4, 0.5) is 5.69 Å². The van der Waals surface area contributed by atoms with Crippen molar-refractivity contribution in [3.8, 4) is 0 Å². The summed E-state index contributed by atoms with van der Waals surface area (Å²) in [5, 5.41) is 7.06. The van der Waals surface area contributed by atoms with Gasteiger partial charge in [0.2, 0.25) is 0 Å². The SMILES string of the molecule is CCCNc1ccnc(C(=O)NC2CCC(SC)C2)c1. The number of carbonyl (C=O) groups excluding carboxylic acids is 1. The number of anilines is 1. The van der Waals surface area contributed by atoms with Gasteiger partial charge in [0, 0.05) is 29.7 Å². The topological polar surface area (TPSA) is 54.0 Å². The summed E-state index contributed by atoms with van der Waals surface area (Å²) >= 11 is 1.89. The molecular weight excluding hydrogens is 270 g/mol. The molecule has 1 aromatic heterocycles. The van der Waals surface area contributed by atoms with E-state index in [2.05, 4.69) is 28.8 Å². The summed E-state index contributed by atoms with van der Waals surface area (Å²) in [6, 6.07) is 4.02. The minimum Gasteiger partial charge on any atom is -0.385 e. The van der Waals surface area contributed by atoms with Crippen LogP contribution in [0.25, 0.3) is 0 Å². The van der Waals surface area contributed by atoms with Crippen molar-refractivity contribution in [3.63, 3.8) is 0 Å². The molecule has 2 N–H and O–H groups in total. The van der Waals surface area contributed by atoms with Crippen molar-refractivity contribution in [1.82, 2.24) is 10.3 Å². The molecule has 1 fully saturated rings. The van der Waals surface area contributed by atoms with E-state index < -0.39 is 0 Å². The van der Waals surface area contributed by atoms with Crippen molar-refractivity contribution in [1.29, 1.82) is 0 Å².